The van der Waals surface area contributed by atoms with E-state index in [0.717, 1.165) is 35.1 Å². The summed E-state index contributed by atoms with van der Waals surface area (Å²) in [4.78, 5) is 37.2. The molecule has 34 heavy (non-hydrogen) atoms. The van der Waals surface area contributed by atoms with Crippen LogP contribution in [0.15, 0.2) is 48.5 Å². The molecule has 2 aromatic carbocycles. The van der Waals surface area contributed by atoms with E-state index in [2.05, 4.69) is 34.9 Å². The van der Waals surface area contributed by atoms with Crippen LogP contribution >= 0.6 is 0 Å². The van der Waals surface area contributed by atoms with Crippen molar-refractivity contribution >= 4 is 18.0 Å². The molecule has 0 heterocycles. The fraction of sp³-hybridized carbons (Fsp3) is 0.444. The second-order valence-electron chi connectivity index (χ2n) is 9.16. The van der Waals surface area contributed by atoms with Gasteiger partial charge in [0.25, 0.3) is 0 Å². The van der Waals surface area contributed by atoms with Crippen molar-refractivity contribution in [2.24, 2.45) is 5.92 Å². The van der Waals surface area contributed by atoms with E-state index < -0.39 is 30.1 Å². The molecule has 3 N–H and O–H groups in total. The fourth-order valence-corrected chi connectivity index (χ4v) is 5.22. The topological polar surface area (TPSA) is 105 Å². The Morgan fingerprint density at radius 2 is 1.62 bits per heavy atom. The highest BCUT2D eigenvalue weighted by Gasteiger charge is 2.34. The Morgan fingerprint density at radius 3 is 2.24 bits per heavy atom. The van der Waals surface area contributed by atoms with Gasteiger partial charge in [-0.3, -0.25) is 9.59 Å². The van der Waals surface area contributed by atoms with Gasteiger partial charge in [-0.1, -0.05) is 74.7 Å². The minimum atomic E-state index is -0.887. The van der Waals surface area contributed by atoms with Gasteiger partial charge in [0.15, 0.2) is 0 Å². The van der Waals surface area contributed by atoms with Crippen LogP contribution in [0.2, 0.25) is 0 Å². The maximum absolute atomic E-state index is 12.9. The molecule has 0 spiro atoms. The molecular formula is C27H32N2O5. The van der Waals surface area contributed by atoms with E-state index in [1.54, 1.807) is 0 Å². The van der Waals surface area contributed by atoms with Crippen LogP contribution in [0.5, 0.6) is 0 Å². The van der Waals surface area contributed by atoms with Gasteiger partial charge in [-0.25, -0.2) is 4.79 Å². The lowest BCUT2D eigenvalue weighted by molar-refractivity contribution is -0.144. The van der Waals surface area contributed by atoms with Gasteiger partial charge in [-0.15, -0.1) is 0 Å². The van der Waals surface area contributed by atoms with Crippen LogP contribution in [0.1, 0.15) is 62.5 Å². The van der Waals surface area contributed by atoms with E-state index in [1.807, 2.05) is 31.2 Å². The molecule has 2 amide bonds. The van der Waals surface area contributed by atoms with Gasteiger partial charge in [0, 0.05) is 12.0 Å². The number of aliphatic carboxylic acids is 1. The largest absolute Gasteiger partial charge is 0.481 e. The molecule has 7 heteroatoms. The zero-order chi connectivity index (χ0) is 24.1. The number of carbonyl (C=O) groups is 3. The Hall–Kier alpha value is -3.35. The highest BCUT2D eigenvalue weighted by atomic mass is 16.5. The molecule has 2 aromatic rings. The molecule has 0 radical (unpaired) electrons. The van der Waals surface area contributed by atoms with E-state index in [0.29, 0.717) is 25.7 Å². The minimum Gasteiger partial charge on any atom is -0.481 e. The molecule has 2 aliphatic carbocycles. The Bertz CT molecular complexity index is 1010. The second-order valence-corrected chi connectivity index (χ2v) is 9.16. The number of carboxylic acid groups (broad SMARTS) is 1. The SMILES string of the molecule is CCC[C@H](NC(=O)OCC1c2ccccc2-c2ccccc21)C(=O)NC1CCCCC1C(=O)O. The molecule has 0 aliphatic heterocycles. The molecule has 0 aromatic heterocycles. The Balaban J connectivity index is 1.38. The predicted octanol–water partition coefficient (Wildman–Crippen LogP) is 4.45. The third-order valence-electron chi connectivity index (χ3n) is 6.94. The van der Waals surface area contributed by atoms with Crippen molar-refractivity contribution in [2.45, 2.75) is 63.5 Å². The van der Waals surface area contributed by atoms with Crippen molar-refractivity contribution in [3.8, 4) is 11.1 Å². The van der Waals surface area contributed by atoms with Crippen molar-refractivity contribution in [1.82, 2.24) is 10.6 Å². The van der Waals surface area contributed by atoms with Crippen LogP contribution in [-0.2, 0) is 14.3 Å². The average Bonchev–Trinajstić information content (AvgIpc) is 3.16. The molecule has 1 fully saturated rings. The summed E-state index contributed by atoms with van der Waals surface area (Å²) in [6, 6.07) is 15.0. The first-order chi connectivity index (χ1) is 16.5. The van der Waals surface area contributed by atoms with E-state index in [1.165, 1.54) is 0 Å². The number of rotatable bonds is 8. The molecule has 2 unspecified atom stereocenters. The Labute approximate surface area is 199 Å². The van der Waals surface area contributed by atoms with Crippen molar-refractivity contribution < 1.29 is 24.2 Å². The molecule has 4 rings (SSSR count). The molecule has 3 atom stereocenters. The summed E-state index contributed by atoms with van der Waals surface area (Å²) in [5.41, 5.74) is 4.54. The number of alkyl carbamates (subject to hydrolysis) is 1. The smallest absolute Gasteiger partial charge is 0.407 e. The number of hydrogen-bond acceptors (Lipinski definition) is 4. The molecular weight excluding hydrogens is 432 g/mol. The first kappa shape index (κ1) is 23.8. The van der Waals surface area contributed by atoms with E-state index >= 15 is 0 Å². The third-order valence-corrected chi connectivity index (χ3v) is 6.94. The van der Waals surface area contributed by atoms with Gasteiger partial charge in [0.1, 0.15) is 12.6 Å². The quantitative estimate of drug-likeness (QED) is 0.535. The maximum atomic E-state index is 12.9. The van der Waals surface area contributed by atoms with Crippen LogP contribution < -0.4 is 10.6 Å². The first-order valence-corrected chi connectivity index (χ1v) is 12.1. The zero-order valence-electron chi connectivity index (χ0n) is 19.5. The predicted molar refractivity (Wildman–Crippen MR) is 128 cm³/mol. The standard InChI is InChI=1S/C27H32N2O5/c1-2-9-24(25(30)28-23-15-8-7-14-21(23)26(31)32)29-27(33)34-16-22-19-12-5-3-10-17(19)18-11-4-6-13-20(18)22/h3-6,10-13,21-24H,2,7-9,14-16H2,1H3,(H,28,30)(H,29,33)(H,31,32)/t21?,23?,24-/m0/s1. The normalized spacial score (nSPS) is 20.0. The van der Waals surface area contributed by atoms with Crippen LogP contribution in [0, 0.1) is 5.92 Å². The highest BCUT2D eigenvalue weighted by molar-refractivity contribution is 5.86. The number of benzene rings is 2. The van der Waals surface area contributed by atoms with E-state index in [-0.39, 0.29) is 18.4 Å². The van der Waals surface area contributed by atoms with Gasteiger partial charge in [0.05, 0.1) is 5.92 Å². The summed E-state index contributed by atoms with van der Waals surface area (Å²) in [5, 5.41) is 15.1. The van der Waals surface area contributed by atoms with Crippen molar-refractivity contribution in [3.63, 3.8) is 0 Å². The van der Waals surface area contributed by atoms with Crippen LogP contribution in [0.3, 0.4) is 0 Å². The summed E-state index contributed by atoms with van der Waals surface area (Å²) in [5.74, 6) is -1.89. The summed E-state index contributed by atoms with van der Waals surface area (Å²) in [7, 11) is 0. The number of amides is 2. The van der Waals surface area contributed by atoms with Gasteiger partial charge < -0.3 is 20.5 Å². The lowest BCUT2D eigenvalue weighted by Gasteiger charge is -2.30. The average molecular weight is 465 g/mol. The molecule has 2 aliphatic rings. The van der Waals surface area contributed by atoms with Crippen molar-refractivity contribution in [3.05, 3.63) is 59.7 Å². The van der Waals surface area contributed by atoms with Gasteiger partial charge in [-0.2, -0.15) is 0 Å². The molecule has 7 nitrogen and oxygen atoms in total. The van der Waals surface area contributed by atoms with Crippen molar-refractivity contribution in [2.75, 3.05) is 6.61 Å². The van der Waals surface area contributed by atoms with Gasteiger partial charge in [0.2, 0.25) is 5.91 Å². The van der Waals surface area contributed by atoms with Gasteiger partial charge >= 0.3 is 12.1 Å². The molecule has 180 valence electrons. The molecule has 0 bridgehead atoms. The third kappa shape index (κ3) is 5.08. The monoisotopic (exact) mass is 464 g/mol. The highest BCUT2D eigenvalue weighted by Crippen LogP contribution is 2.44. The van der Waals surface area contributed by atoms with E-state index in [4.69, 9.17) is 4.74 Å². The summed E-state index contributed by atoms with van der Waals surface area (Å²) >= 11 is 0. The summed E-state index contributed by atoms with van der Waals surface area (Å²) in [6.45, 7) is 2.10. The van der Waals surface area contributed by atoms with Gasteiger partial charge in [-0.05, 0) is 41.5 Å². The molecule has 0 saturated heterocycles. The van der Waals surface area contributed by atoms with Crippen LogP contribution in [-0.4, -0.2) is 41.8 Å². The number of ether oxygens (including phenoxy) is 1. The Morgan fingerprint density at radius 1 is 1.00 bits per heavy atom. The fourth-order valence-electron chi connectivity index (χ4n) is 5.22. The minimum absolute atomic E-state index is 0.0600. The zero-order valence-corrected chi connectivity index (χ0v) is 19.5. The lowest BCUT2D eigenvalue weighted by atomic mass is 9.84. The number of fused-ring (bicyclic) bond motifs is 3. The van der Waals surface area contributed by atoms with Crippen molar-refractivity contribution in [1.29, 1.82) is 0 Å². The molecule has 1 saturated carbocycles. The lowest BCUT2D eigenvalue weighted by Crippen LogP contribution is -2.53. The number of nitrogens with one attached hydrogen (secondary N) is 2. The maximum Gasteiger partial charge on any atom is 0.407 e. The van der Waals surface area contributed by atoms with Crippen LogP contribution in [0.4, 0.5) is 4.79 Å². The number of carboxylic acids is 1. The number of hydrogen-bond donors (Lipinski definition) is 3. The number of carbonyl (C=O) groups excluding carboxylic acids is 2. The second kappa shape index (κ2) is 10.7. The van der Waals surface area contributed by atoms with Crippen LogP contribution in [0.25, 0.3) is 11.1 Å². The van der Waals surface area contributed by atoms with E-state index in [9.17, 15) is 19.5 Å². The summed E-state index contributed by atoms with van der Waals surface area (Å²) < 4.78 is 5.59. The Kier molecular flexibility index (Phi) is 7.50. The first-order valence-electron chi connectivity index (χ1n) is 12.1. The summed E-state index contributed by atoms with van der Waals surface area (Å²) in [6.07, 6.45) is 3.40.